The van der Waals surface area contributed by atoms with Crippen molar-refractivity contribution in [3.8, 4) is 0 Å². The Labute approximate surface area is 115 Å². The van der Waals surface area contributed by atoms with E-state index >= 15 is 0 Å². The highest BCUT2D eigenvalue weighted by atomic mass is 16.2. The standard InChI is InChI=1S/C16H24N2O/c1-3-18(13-10-8-12(2)9-11-13)16(19)14-6-4-5-7-15(14)17/h8-11,14-15H,3-7,17H2,1-2H3. The van der Waals surface area contributed by atoms with Crippen LogP contribution in [-0.2, 0) is 4.79 Å². The normalized spacial score (nSPS) is 23.1. The average Bonchev–Trinajstić information content (AvgIpc) is 2.42. The Hall–Kier alpha value is -1.35. The van der Waals surface area contributed by atoms with Crippen LogP contribution in [0.5, 0.6) is 0 Å². The first-order chi connectivity index (χ1) is 9.13. The fourth-order valence-corrected chi connectivity index (χ4v) is 2.86. The second kappa shape index (κ2) is 6.20. The number of amides is 1. The molecule has 2 atom stereocenters. The van der Waals surface area contributed by atoms with Crippen LogP contribution in [0.15, 0.2) is 24.3 Å². The molecule has 2 unspecified atom stereocenters. The molecule has 104 valence electrons. The summed E-state index contributed by atoms with van der Waals surface area (Å²) in [6.45, 7) is 4.77. The molecule has 1 fully saturated rings. The van der Waals surface area contributed by atoms with Gasteiger partial charge in [0, 0.05) is 18.3 Å². The second-order valence-corrected chi connectivity index (χ2v) is 5.47. The number of rotatable bonds is 3. The van der Waals surface area contributed by atoms with Gasteiger partial charge in [-0.15, -0.1) is 0 Å². The van der Waals surface area contributed by atoms with E-state index in [4.69, 9.17) is 5.73 Å². The lowest BCUT2D eigenvalue weighted by Crippen LogP contribution is -2.45. The number of hydrogen-bond donors (Lipinski definition) is 1. The van der Waals surface area contributed by atoms with Crippen LogP contribution in [-0.4, -0.2) is 18.5 Å². The number of aryl methyl sites for hydroxylation is 1. The van der Waals surface area contributed by atoms with Crippen molar-refractivity contribution in [2.75, 3.05) is 11.4 Å². The van der Waals surface area contributed by atoms with E-state index in [1.807, 2.05) is 36.1 Å². The predicted octanol–water partition coefficient (Wildman–Crippen LogP) is 2.87. The third-order valence-corrected chi connectivity index (χ3v) is 4.06. The minimum absolute atomic E-state index is 0.00463. The lowest BCUT2D eigenvalue weighted by Gasteiger charge is -2.32. The third-order valence-electron chi connectivity index (χ3n) is 4.06. The van der Waals surface area contributed by atoms with Gasteiger partial charge < -0.3 is 10.6 Å². The monoisotopic (exact) mass is 260 g/mol. The molecule has 1 aromatic carbocycles. The first-order valence-electron chi connectivity index (χ1n) is 7.27. The molecule has 19 heavy (non-hydrogen) atoms. The first kappa shape index (κ1) is 14.1. The Morgan fingerprint density at radius 1 is 1.26 bits per heavy atom. The van der Waals surface area contributed by atoms with Gasteiger partial charge in [0.05, 0.1) is 5.92 Å². The molecule has 1 aliphatic carbocycles. The van der Waals surface area contributed by atoms with E-state index in [0.717, 1.165) is 31.4 Å². The zero-order valence-electron chi connectivity index (χ0n) is 11.9. The molecule has 3 heteroatoms. The largest absolute Gasteiger partial charge is 0.327 e. The van der Waals surface area contributed by atoms with Gasteiger partial charge in [0.1, 0.15) is 0 Å². The van der Waals surface area contributed by atoms with Gasteiger partial charge in [0.2, 0.25) is 5.91 Å². The number of carbonyl (C=O) groups is 1. The molecule has 0 saturated heterocycles. The Morgan fingerprint density at radius 2 is 1.89 bits per heavy atom. The van der Waals surface area contributed by atoms with E-state index in [1.165, 1.54) is 5.56 Å². The second-order valence-electron chi connectivity index (χ2n) is 5.47. The van der Waals surface area contributed by atoms with Crippen LogP contribution < -0.4 is 10.6 Å². The highest BCUT2D eigenvalue weighted by molar-refractivity contribution is 5.95. The number of anilines is 1. The number of nitrogens with zero attached hydrogens (tertiary/aromatic N) is 1. The van der Waals surface area contributed by atoms with Gasteiger partial charge in [0.15, 0.2) is 0 Å². The lowest BCUT2D eigenvalue weighted by atomic mass is 9.84. The van der Waals surface area contributed by atoms with E-state index in [0.29, 0.717) is 6.54 Å². The molecule has 1 aliphatic rings. The van der Waals surface area contributed by atoms with Gasteiger partial charge in [-0.2, -0.15) is 0 Å². The van der Waals surface area contributed by atoms with Gasteiger partial charge in [-0.1, -0.05) is 30.5 Å². The molecule has 1 aromatic rings. The third kappa shape index (κ3) is 3.16. The van der Waals surface area contributed by atoms with E-state index in [-0.39, 0.29) is 17.9 Å². The van der Waals surface area contributed by atoms with Gasteiger partial charge >= 0.3 is 0 Å². The van der Waals surface area contributed by atoms with Crippen molar-refractivity contribution in [3.63, 3.8) is 0 Å². The highest BCUT2D eigenvalue weighted by Crippen LogP contribution is 2.27. The predicted molar refractivity (Wildman–Crippen MR) is 79.1 cm³/mol. The van der Waals surface area contributed by atoms with E-state index in [9.17, 15) is 4.79 Å². The van der Waals surface area contributed by atoms with Crippen LogP contribution in [0.3, 0.4) is 0 Å². The summed E-state index contributed by atoms with van der Waals surface area (Å²) in [5.74, 6) is 0.188. The van der Waals surface area contributed by atoms with Gasteiger partial charge in [-0.25, -0.2) is 0 Å². The smallest absolute Gasteiger partial charge is 0.231 e. The summed E-state index contributed by atoms with van der Waals surface area (Å²) in [6.07, 6.45) is 4.18. The summed E-state index contributed by atoms with van der Waals surface area (Å²) in [4.78, 5) is 14.5. The van der Waals surface area contributed by atoms with Crippen molar-refractivity contribution in [3.05, 3.63) is 29.8 Å². The van der Waals surface area contributed by atoms with Crippen LogP contribution in [0.1, 0.15) is 38.2 Å². The first-order valence-corrected chi connectivity index (χ1v) is 7.27. The van der Waals surface area contributed by atoms with Crippen molar-refractivity contribution in [2.45, 2.75) is 45.6 Å². The molecular formula is C16H24N2O. The van der Waals surface area contributed by atoms with Crippen LogP contribution >= 0.6 is 0 Å². The number of nitrogens with two attached hydrogens (primary N) is 1. The quantitative estimate of drug-likeness (QED) is 0.908. The topological polar surface area (TPSA) is 46.3 Å². The van der Waals surface area contributed by atoms with Gasteiger partial charge in [-0.3, -0.25) is 4.79 Å². The molecule has 1 amide bonds. The molecular weight excluding hydrogens is 236 g/mol. The molecule has 0 aliphatic heterocycles. The number of hydrogen-bond acceptors (Lipinski definition) is 2. The number of carbonyl (C=O) groups excluding carboxylic acids is 1. The van der Waals surface area contributed by atoms with Crippen LogP contribution in [0.4, 0.5) is 5.69 Å². The number of benzene rings is 1. The van der Waals surface area contributed by atoms with Crippen molar-refractivity contribution in [2.24, 2.45) is 11.7 Å². The van der Waals surface area contributed by atoms with Crippen molar-refractivity contribution in [1.82, 2.24) is 0 Å². The summed E-state index contributed by atoms with van der Waals surface area (Å²) < 4.78 is 0. The summed E-state index contributed by atoms with van der Waals surface area (Å²) in [7, 11) is 0. The zero-order chi connectivity index (χ0) is 13.8. The summed E-state index contributed by atoms with van der Waals surface area (Å²) in [6, 6.07) is 8.16. The summed E-state index contributed by atoms with van der Waals surface area (Å²) >= 11 is 0. The average molecular weight is 260 g/mol. The Bertz CT molecular complexity index is 427. The maximum Gasteiger partial charge on any atom is 0.231 e. The molecule has 2 rings (SSSR count). The maximum atomic E-state index is 12.7. The molecule has 0 heterocycles. The molecule has 2 N–H and O–H groups in total. The van der Waals surface area contributed by atoms with Crippen LogP contribution in [0.25, 0.3) is 0 Å². The molecule has 0 bridgehead atoms. The van der Waals surface area contributed by atoms with E-state index in [2.05, 4.69) is 6.92 Å². The Balaban J connectivity index is 2.16. The lowest BCUT2D eigenvalue weighted by molar-refractivity contribution is -0.123. The fraction of sp³-hybridized carbons (Fsp3) is 0.562. The van der Waals surface area contributed by atoms with E-state index < -0.39 is 0 Å². The molecule has 0 aromatic heterocycles. The molecule has 3 nitrogen and oxygen atoms in total. The fourth-order valence-electron chi connectivity index (χ4n) is 2.86. The Kier molecular flexibility index (Phi) is 4.59. The minimum Gasteiger partial charge on any atom is -0.327 e. The molecule has 0 radical (unpaired) electrons. The minimum atomic E-state index is -0.00463. The van der Waals surface area contributed by atoms with Crippen LogP contribution in [0.2, 0.25) is 0 Å². The van der Waals surface area contributed by atoms with Crippen molar-refractivity contribution >= 4 is 11.6 Å². The van der Waals surface area contributed by atoms with Gasteiger partial charge in [-0.05, 0) is 38.8 Å². The zero-order valence-corrected chi connectivity index (χ0v) is 11.9. The maximum absolute atomic E-state index is 12.7. The highest BCUT2D eigenvalue weighted by Gasteiger charge is 2.31. The molecule has 0 spiro atoms. The molecule has 1 saturated carbocycles. The van der Waals surface area contributed by atoms with Crippen LogP contribution in [0, 0.1) is 12.8 Å². The SMILES string of the molecule is CCN(C(=O)C1CCCCC1N)c1ccc(C)cc1. The Morgan fingerprint density at radius 3 is 2.47 bits per heavy atom. The van der Waals surface area contributed by atoms with Crippen molar-refractivity contribution < 1.29 is 4.79 Å². The van der Waals surface area contributed by atoms with E-state index in [1.54, 1.807) is 0 Å². The summed E-state index contributed by atoms with van der Waals surface area (Å²) in [5, 5.41) is 0. The van der Waals surface area contributed by atoms with Gasteiger partial charge in [0.25, 0.3) is 0 Å². The summed E-state index contributed by atoms with van der Waals surface area (Å²) in [5.41, 5.74) is 8.32. The van der Waals surface area contributed by atoms with Crippen molar-refractivity contribution in [1.29, 1.82) is 0 Å².